The van der Waals surface area contributed by atoms with Gasteiger partial charge >= 0.3 is 32.5 Å². The van der Waals surface area contributed by atoms with E-state index in [1.807, 2.05) is 0 Å². The minimum absolute atomic E-state index is 0.156. The maximum absolute atomic E-state index is 15.4. The molecule has 5 rings (SSSR count). The molecule has 2 aromatic rings. The fourth-order valence-corrected chi connectivity index (χ4v) is 10.1. The number of halogens is 1. The van der Waals surface area contributed by atoms with E-state index in [1.165, 1.54) is 26.5 Å². The van der Waals surface area contributed by atoms with Crippen LogP contribution in [0.3, 0.4) is 0 Å². The molecule has 25 heteroatoms. The number of phosphoric ester groups is 1. The Morgan fingerprint density at radius 1 is 1.21 bits per heavy atom. The first-order valence-electron chi connectivity index (χ1n) is 15.5. The highest BCUT2D eigenvalue weighted by Gasteiger charge is 2.78. The van der Waals surface area contributed by atoms with Crippen LogP contribution < -0.4 is 11.1 Å². The van der Waals surface area contributed by atoms with Crippen LogP contribution in [0.5, 0.6) is 0 Å². The number of rotatable bonds is 14. The number of aromatic nitrogens is 3. The molecule has 290 valence electrons. The number of fused-ring (bicyclic) bond motifs is 2. The van der Waals surface area contributed by atoms with Gasteiger partial charge in [-0.3, -0.25) is 23.4 Å². The first-order valence-corrected chi connectivity index (χ1v) is 19.7. The summed E-state index contributed by atoms with van der Waals surface area (Å²) in [7, 11) is -4.03. The zero-order chi connectivity index (χ0) is 38.6. The molecule has 1 saturated carbocycles. The van der Waals surface area contributed by atoms with E-state index in [-0.39, 0.29) is 5.82 Å². The molecule has 3 fully saturated rings. The van der Waals surface area contributed by atoms with Gasteiger partial charge in [0, 0.05) is 32.5 Å². The molecule has 2 aromatic heterocycles. The van der Waals surface area contributed by atoms with Gasteiger partial charge in [0.25, 0.3) is 0 Å². The average molecular weight is 802 g/mol. The van der Waals surface area contributed by atoms with Gasteiger partial charge in [0.1, 0.15) is 60.6 Å². The summed E-state index contributed by atoms with van der Waals surface area (Å²) >= 11 is 3.78. The summed E-state index contributed by atoms with van der Waals surface area (Å²) in [5, 5.41) is 25.4. The maximum Gasteiger partial charge on any atom is 0.482 e. The van der Waals surface area contributed by atoms with Gasteiger partial charge in [0.05, 0.1) is 24.1 Å². The van der Waals surface area contributed by atoms with Crippen LogP contribution in [0.4, 0.5) is 10.2 Å². The van der Waals surface area contributed by atoms with E-state index in [1.54, 1.807) is 0 Å². The van der Waals surface area contributed by atoms with Crippen molar-refractivity contribution in [2.45, 2.75) is 82.0 Å². The Labute approximate surface area is 299 Å². The van der Waals surface area contributed by atoms with Crippen LogP contribution >= 0.6 is 26.9 Å². The van der Waals surface area contributed by atoms with Crippen molar-refractivity contribution < 1.29 is 80.1 Å². The lowest BCUT2D eigenvalue weighted by Gasteiger charge is -2.51. The predicted molar refractivity (Wildman–Crippen MR) is 173 cm³/mol. The lowest BCUT2D eigenvalue weighted by atomic mass is 9.86. The van der Waals surface area contributed by atoms with Crippen LogP contribution in [-0.2, 0) is 60.6 Å². The second-order valence-electron chi connectivity index (χ2n) is 12.4. The van der Waals surface area contributed by atoms with Gasteiger partial charge < -0.3 is 54.8 Å². The number of hydrogen-bond acceptors (Lipinski definition) is 19. The molecule has 8 unspecified atom stereocenters. The number of ether oxygens (including phenoxy) is 5. The Morgan fingerprint density at radius 2 is 1.90 bits per heavy atom. The number of aliphatic hydroxyl groups is 2. The fourth-order valence-electron chi connectivity index (χ4n) is 6.95. The minimum Gasteiger partial charge on any atom is -0.463 e. The van der Waals surface area contributed by atoms with Gasteiger partial charge in [-0.2, -0.15) is 4.31 Å². The van der Waals surface area contributed by atoms with Crippen molar-refractivity contribution in [2.24, 2.45) is 11.8 Å². The molecule has 13 atom stereocenters. The first-order chi connectivity index (χ1) is 24.1. The van der Waals surface area contributed by atoms with Crippen molar-refractivity contribution in [1.29, 1.82) is 0 Å². The highest BCUT2D eigenvalue weighted by atomic mass is 32.7. The normalized spacial score (nSPS) is 35.5. The summed E-state index contributed by atoms with van der Waals surface area (Å²) < 4.78 is 83.5. The average Bonchev–Trinajstić information content (AvgIpc) is 3.59. The summed E-state index contributed by atoms with van der Waals surface area (Å²) in [4.78, 5) is 57.0. The predicted octanol–water partition coefficient (Wildman–Crippen LogP) is 0.563. The third kappa shape index (κ3) is 7.73. The number of nitrogens with two attached hydrogens (primary N) is 1. The number of esters is 3. The molecule has 21 nitrogen and oxygen atoms in total. The summed E-state index contributed by atoms with van der Waals surface area (Å²) in [6, 6.07) is -0.884. The lowest BCUT2D eigenvalue weighted by molar-refractivity contribution is -0.425. The Bertz CT molecular complexity index is 1810. The van der Waals surface area contributed by atoms with Gasteiger partial charge in [-0.15, -0.1) is 0 Å². The zero-order valence-corrected chi connectivity index (χ0v) is 30.8. The molecule has 3 aliphatic rings. The van der Waals surface area contributed by atoms with Crippen LogP contribution in [0.2, 0.25) is 0 Å². The monoisotopic (exact) mass is 801 g/mol. The van der Waals surface area contributed by atoms with E-state index in [9.17, 15) is 38.6 Å². The van der Waals surface area contributed by atoms with E-state index in [0.29, 0.717) is 16.6 Å². The minimum atomic E-state index is -5.54. The number of likely N-dealkylation sites (N-methyl/N-ethyl adjacent to an activating group) is 1. The van der Waals surface area contributed by atoms with E-state index < -0.39 is 112 Å². The first kappa shape index (κ1) is 40.4. The van der Waals surface area contributed by atoms with E-state index in [0.717, 1.165) is 20.8 Å². The molecule has 2 saturated heterocycles. The molecular weight excluding hydrogens is 763 g/mol. The van der Waals surface area contributed by atoms with Crippen molar-refractivity contribution in [3.8, 4) is 0 Å². The zero-order valence-electron chi connectivity index (χ0n) is 28.1. The summed E-state index contributed by atoms with van der Waals surface area (Å²) in [5.74, 6) is -8.73. The Hall–Kier alpha value is -2.79. The van der Waals surface area contributed by atoms with E-state index >= 15 is 4.39 Å². The second-order valence-corrected chi connectivity index (χ2v) is 16.9. The molecule has 0 bridgehead atoms. The van der Waals surface area contributed by atoms with Crippen LogP contribution in [0, 0.1) is 11.8 Å². The number of carbonyl (C=O) groups excluding carboxylic acids is 3. The van der Waals surface area contributed by atoms with Crippen molar-refractivity contribution in [1.82, 2.24) is 20.3 Å². The highest BCUT2D eigenvalue weighted by Crippen LogP contribution is 2.69. The van der Waals surface area contributed by atoms with Crippen LogP contribution in [-0.4, -0.2) is 116 Å². The van der Waals surface area contributed by atoms with Crippen LogP contribution in [0.25, 0.3) is 11.0 Å². The number of carbonyl (C=O) groups is 3. The summed E-state index contributed by atoms with van der Waals surface area (Å²) in [6.45, 7) is -2.07. The quantitative estimate of drug-likeness (QED) is 0.0594. The van der Waals surface area contributed by atoms with Crippen molar-refractivity contribution >= 4 is 61.6 Å². The highest BCUT2D eigenvalue weighted by molar-refractivity contribution is 8.45. The number of nitrogens with zero attached hydrogens (tertiary/aromatic N) is 2. The van der Waals surface area contributed by atoms with Crippen LogP contribution in [0.1, 0.15) is 39.4 Å². The summed E-state index contributed by atoms with van der Waals surface area (Å²) in [5.41, 5.74) is 5.46. The maximum atomic E-state index is 15.4. The number of H-pyrrole nitrogens is 1. The van der Waals surface area contributed by atoms with Gasteiger partial charge in [-0.1, -0.05) is 12.2 Å². The number of aromatic amines is 1. The van der Waals surface area contributed by atoms with E-state index in [2.05, 4.69) is 37.3 Å². The molecule has 52 heavy (non-hydrogen) atoms. The number of hydrogen-bond donors (Lipinski definition) is 7. The Balaban J connectivity index is 1.30. The number of thiol groups is 1. The van der Waals surface area contributed by atoms with E-state index in [4.69, 9.17) is 38.0 Å². The molecule has 4 heterocycles. The van der Waals surface area contributed by atoms with Gasteiger partial charge in [0.15, 0.2) is 12.1 Å². The number of nitrogens with one attached hydrogen (secondary N) is 2. The SMILES string of the molecule is CN[C@@H]1[C@@H](COP(=O)(S)OP(=O)(O)OC2OC3(OC(C)=O)C2C(OC(C)=O)C(O)C3[C@@H](F)COC(C)=O)O[C@@H](c2c[nH]c3c(N)ncnc23)[C@]1(C)O. The molecule has 2 aliphatic heterocycles. The number of aliphatic hydroxyl groups excluding tert-OH is 1. The van der Waals surface area contributed by atoms with Gasteiger partial charge in [-0.05, 0) is 14.0 Å². The number of nitrogen functional groups attached to an aromatic ring is 1. The number of alkyl halides is 1. The molecule has 0 radical (unpaired) electrons. The topological polar surface area (TPSA) is 299 Å². The third-order valence-corrected chi connectivity index (χ3v) is 12.4. The Morgan fingerprint density at radius 3 is 2.52 bits per heavy atom. The largest absolute Gasteiger partial charge is 0.482 e. The molecular formula is C27H38FN5O16P2S. The molecule has 0 amide bonds. The van der Waals surface area contributed by atoms with Gasteiger partial charge in [0.2, 0.25) is 5.79 Å². The standard InChI is InChI=1S/C27H38FN5O16P2S/c1-10(34)42-7-14(28)16-20(37)21(44-11(2)35)17-25(47-27(16,17)46-12(3)36)48-50(39,40)49-51(41,52)43-8-15-22(30-5)26(4,38)23(45-15)13-6-31-19-18(13)32-9-33-24(19)29/h6,9,14-17,20-23,25,30-31,37-38H,7-8H2,1-5H3,(H,39,40)(H,41,52)(H2,29,32,33)/t14-,15+,16?,17?,20?,21?,22+,23-,25?,26+,27?,51?/m0/s1. The fraction of sp³-hybridized carbons (Fsp3) is 0.667. The van der Waals surface area contributed by atoms with Crippen LogP contribution in [0.15, 0.2) is 12.5 Å². The lowest BCUT2D eigenvalue weighted by Crippen LogP contribution is -2.66. The smallest absolute Gasteiger partial charge is 0.463 e. The molecule has 0 spiro atoms. The molecule has 1 aliphatic carbocycles. The van der Waals surface area contributed by atoms with Crippen molar-refractivity contribution in [3.63, 3.8) is 0 Å². The number of anilines is 1. The van der Waals surface area contributed by atoms with Crippen molar-refractivity contribution in [3.05, 3.63) is 18.1 Å². The third-order valence-electron chi connectivity index (χ3n) is 8.83. The summed E-state index contributed by atoms with van der Waals surface area (Å²) in [6.07, 6.45) is -7.37. The number of phosphoric acid groups is 1. The van der Waals surface area contributed by atoms with Crippen molar-refractivity contribution in [2.75, 3.05) is 26.0 Å². The second kappa shape index (κ2) is 14.8. The van der Waals surface area contributed by atoms with Gasteiger partial charge in [-0.25, -0.2) is 23.5 Å². The molecule has 7 N–H and O–H groups in total. The Kier molecular flexibility index (Phi) is 11.5. The molecule has 0 aromatic carbocycles.